The van der Waals surface area contributed by atoms with Gasteiger partial charge in [-0.2, -0.15) is 0 Å². The summed E-state index contributed by atoms with van der Waals surface area (Å²) in [5.74, 6) is 1.52. The van der Waals surface area contributed by atoms with Crippen LogP contribution in [0.3, 0.4) is 0 Å². The van der Waals surface area contributed by atoms with Gasteiger partial charge in [0.1, 0.15) is 5.75 Å². The fraction of sp³-hybridized carbons (Fsp3) is 0.444. The average molecular weight is 306 g/mol. The van der Waals surface area contributed by atoms with E-state index in [2.05, 4.69) is 36.4 Å². The van der Waals surface area contributed by atoms with Gasteiger partial charge in [-0.25, -0.2) is 0 Å². The largest absolute Gasteiger partial charge is 0.496 e. The Kier molecular flexibility index (Phi) is 5.49. The van der Waals surface area contributed by atoms with Crippen LogP contribution < -0.4 is 10.5 Å². The van der Waals surface area contributed by atoms with Crippen molar-refractivity contribution in [2.75, 3.05) is 7.11 Å². The van der Waals surface area contributed by atoms with Crippen LogP contribution in [0.25, 0.3) is 10.8 Å². The second-order valence-corrected chi connectivity index (χ2v) is 5.83. The van der Waals surface area contributed by atoms with Crippen LogP contribution in [0, 0.1) is 5.92 Å². The maximum absolute atomic E-state index is 6.63. The Morgan fingerprint density at radius 1 is 1.05 bits per heavy atom. The van der Waals surface area contributed by atoms with E-state index in [-0.39, 0.29) is 18.4 Å². The summed E-state index contributed by atoms with van der Waals surface area (Å²) in [6.45, 7) is 0. The van der Waals surface area contributed by atoms with Gasteiger partial charge in [0.15, 0.2) is 0 Å². The molecule has 1 fully saturated rings. The Morgan fingerprint density at radius 2 is 1.76 bits per heavy atom. The van der Waals surface area contributed by atoms with E-state index in [0.29, 0.717) is 5.92 Å². The van der Waals surface area contributed by atoms with Crippen molar-refractivity contribution in [3.63, 3.8) is 0 Å². The fourth-order valence-electron chi connectivity index (χ4n) is 3.53. The molecule has 0 radical (unpaired) electrons. The quantitative estimate of drug-likeness (QED) is 0.879. The molecule has 1 saturated carbocycles. The summed E-state index contributed by atoms with van der Waals surface area (Å²) < 4.78 is 5.59. The number of hydrogen-bond acceptors (Lipinski definition) is 2. The molecule has 0 spiro atoms. The summed E-state index contributed by atoms with van der Waals surface area (Å²) in [5, 5.41) is 2.49. The van der Waals surface area contributed by atoms with Crippen LogP contribution >= 0.6 is 12.4 Å². The molecule has 2 aromatic rings. The van der Waals surface area contributed by atoms with Gasteiger partial charge in [-0.3, -0.25) is 0 Å². The topological polar surface area (TPSA) is 35.2 Å². The van der Waals surface area contributed by atoms with Crippen LogP contribution in [0.5, 0.6) is 5.75 Å². The van der Waals surface area contributed by atoms with Gasteiger partial charge in [0.2, 0.25) is 0 Å². The Morgan fingerprint density at radius 3 is 2.48 bits per heavy atom. The van der Waals surface area contributed by atoms with E-state index >= 15 is 0 Å². The lowest BCUT2D eigenvalue weighted by Gasteiger charge is -2.29. The highest BCUT2D eigenvalue weighted by Gasteiger charge is 2.25. The highest BCUT2D eigenvalue weighted by molar-refractivity contribution is 5.88. The standard InChI is InChI=1S/C18H23NO.ClH/c1-20-16-12-11-13-7-5-6-10-15(13)17(16)18(19)14-8-3-2-4-9-14;/h5-7,10-12,14,18H,2-4,8-9,19H2,1H3;1H/t18-;/m1./s1. The molecule has 1 atom stereocenters. The zero-order chi connectivity index (χ0) is 13.9. The highest BCUT2D eigenvalue weighted by atomic mass is 35.5. The van der Waals surface area contributed by atoms with Crippen LogP contribution in [-0.4, -0.2) is 7.11 Å². The Bertz CT molecular complexity index is 593. The smallest absolute Gasteiger partial charge is 0.124 e. The first-order chi connectivity index (χ1) is 9.81. The molecule has 0 unspecified atom stereocenters. The molecule has 2 nitrogen and oxygen atoms in total. The summed E-state index contributed by atoms with van der Waals surface area (Å²) in [6.07, 6.45) is 6.47. The normalized spacial score (nSPS) is 17.2. The summed E-state index contributed by atoms with van der Waals surface area (Å²) in [4.78, 5) is 0. The molecule has 0 bridgehead atoms. The zero-order valence-corrected chi connectivity index (χ0v) is 13.4. The fourth-order valence-corrected chi connectivity index (χ4v) is 3.53. The molecule has 1 aliphatic carbocycles. The van der Waals surface area contributed by atoms with Gasteiger partial charge in [-0.05, 0) is 35.6 Å². The number of rotatable bonds is 3. The van der Waals surface area contributed by atoms with E-state index in [9.17, 15) is 0 Å². The molecule has 21 heavy (non-hydrogen) atoms. The second kappa shape index (κ2) is 7.15. The molecule has 2 N–H and O–H groups in total. The lowest BCUT2D eigenvalue weighted by Crippen LogP contribution is -2.24. The van der Waals surface area contributed by atoms with Crippen LogP contribution in [0.15, 0.2) is 36.4 Å². The minimum atomic E-state index is 0. The molecular formula is C18H24ClNO. The molecule has 3 rings (SSSR count). The van der Waals surface area contributed by atoms with Gasteiger partial charge >= 0.3 is 0 Å². The number of ether oxygens (including phenoxy) is 1. The third-order valence-corrected chi connectivity index (χ3v) is 4.64. The van der Waals surface area contributed by atoms with E-state index < -0.39 is 0 Å². The van der Waals surface area contributed by atoms with Gasteiger partial charge < -0.3 is 10.5 Å². The van der Waals surface area contributed by atoms with Crippen LogP contribution in [0.2, 0.25) is 0 Å². The van der Waals surface area contributed by atoms with Crippen LogP contribution in [0.1, 0.15) is 43.7 Å². The van der Waals surface area contributed by atoms with Crippen LogP contribution in [0.4, 0.5) is 0 Å². The summed E-state index contributed by atoms with van der Waals surface area (Å²) >= 11 is 0. The number of hydrogen-bond donors (Lipinski definition) is 1. The molecule has 0 aliphatic heterocycles. The number of fused-ring (bicyclic) bond motifs is 1. The van der Waals surface area contributed by atoms with Crippen molar-refractivity contribution >= 4 is 23.2 Å². The maximum Gasteiger partial charge on any atom is 0.124 e. The van der Waals surface area contributed by atoms with E-state index in [1.165, 1.54) is 48.4 Å². The van der Waals surface area contributed by atoms with Gasteiger partial charge in [-0.15, -0.1) is 12.4 Å². The number of benzene rings is 2. The monoisotopic (exact) mass is 305 g/mol. The first-order valence-electron chi connectivity index (χ1n) is 7.62. The third kappa shape index (κ3) is 3.17. The van der Waals surface area contributed by atoms with Crippen molar-refractivity contribution in [1.29, 1.82) is 0 Å². The molecular weight excluding hydrogens is 282 g/mol. The third-order valence-electron chi connectivity index (χ3n) is 4.64. The first kappa shape index (κ1) is 16.1. The maximum atomic E-state index is 6.63. The van der Waals surface area contributed by atoms with Crippen molar-refractivity contribution < 1.29 is 4.74 Å². The SMILES string of the molecule is COc1ccc2ccccc2c1[C@H](N)C1CCCCC1.Cl. The molecule has 2 aromatic carbocycles. The van der Waals surface area contributed by atoms with Crippen LogP contribution in [-0.2, 0) is 0 Å². The Balaban J connectivity index is 0.00000161. The number of nitrogens with two attached hydrogens (primary N) is 1. The number of halogens is 1. The Hall–Kier alpha value is -1.25. The molecule has 1 aliphatic rings. The van der Waals surface area contributed by atoms with Crippen molar-refractivity contribution in [3.05, 3.63) is 42.0 Å². The molecule has 0 aromatic heterocycles. The molecule has 0 heterocycles. The summed E-state index contributed by atoms with van der Waals surface area (Å²) in [6, 6.07) is 12.7. The molecule has 3 heteroatoms. The minimum absolute atomic E-state index is 0. The molecule has 0 amide bonds. The van der Waals surface area contributed by atoms with E-state index in [1.54, 1.807) is 7.11 Å². The Labute approximate surface area is 133 Å². The predicted molar refractivity (Wildman–Crippen MR) is 91.3 cm³/mol. The van der Waals surface area contributed by atoms with E-state index in [0.717, 1.165) is 5.75 Å². The van der Waals surface area contributed by atoms with Gasteiger partial charge in [0.25, 0.3) is 0 Å². The first-order valence-corrected chi connectivity index (χ1v) is 7.62. The summed E-state index contributed by atoms with van der Waals surface area (Å²) in [5.41, 5.74) is 7.82. The lowest BCUT2D eigenvalue weighted by atomic mass is 9.80. The summed E-state index contributed by atoms with van der Waals surface area (Å²) in [7, 11) is 1.74. The second-order valence-electron chi connectivity index (χ2n) is 5.83. The van der Waals surface area contributed by atoms with Crippen molar-refractivity contribution in [2.24, 2.45) is 11.7 Å². The van der Waals surface area contributed by atoms with Crippen molar-refractivity contribution in [3.8, 4) is 5.75 Å². The van der Waals surface area contributed by atoms with Crippen molar-refractivity contribution in [1.82, 2.24) is 0 Å². The average Bonchev–Trinajstić information content (AvgIpc) is 2.54. The van der Waals surface area contributed by atoms with Gasteiger partial charge in [0.05, 0.1) is 7.11 Å². The minimum Gasteiger partial charge on any atom is -0.496 e. The highest BCUT2D eigenvalue weighted by Crippen LogP contribution is 2.39. The van der Waals surface area contributed by atoms with E-state index in [4.69, 9.17) is 10.5 Å². The predicted octanol–water partition coefficient (Wildman–Crippen LogP) is 4.85. The zero-order valence-electron chi connectivity index (χ0n) is 12.5. The molecule has 0 saturated heterocycles. The lowest BCUT2D eigenvalue weighted by molar-refractivity contribution is 0.302. The van der Waals surface area contributed by atoms with E-state index in [1.807, 2.05) is 0 Å². The molecule has 114 valence electrons. The van der Waals surface area contributed by atoms with Gasteiger partial charge in [-0.1, -0.05) is 49.6 Å². The van der Waals surface area contributed by atoms with Gasteiger partial charge in [0, 0.05) is 11.6 Å². The van der Waals surface area contributed by atoms with Crippen molar-refractivity contribution in [2.45, 2.75) is 38.1 Å². The number of methoxy groups -OCH3 is 1.